The van der Waals surface area contributed by atoms with Gasteiger partial charge in [0.15, 0.2) is 0 Å². The van der Waals surface area contributed by atoms with E-state index in [9.17, 15) is 18.4 Å². The fraction of sp³-hybridized carbons (Fsp3) is 0.385. The van der Waals surface area contributed by atoms with Crippen LogP contribution in [0.5, 0.6) is 5.75 Å². The highest BCUT2D eigenvalue weighted by Crippen LogP contribution is 2.26. The molecule has 3 rings (SSSR count). The maximum Gasteiger partial charge on any atom is 0.251 e. The number of rotatable bonds is 9. The summed E-state index contributed by atoms with van der Waals surface area (Å²) in [5, 5.41) is 2.48. The molecule has 1 saturated heterocycles. The van der Waals surface area contributed by atoms with E-state index in [4.69, 9.17) is 4.74 Å². The van der Waals surface area contributed by atoms with Crippen molar-refractivity contribution in [2.75, 3.05) is 39.4 Å². The van der Waals surface area contributed by atoms with E-state index in [2.05, 4.69) is 16.8 Å². The molecule has 8 heteroatoms. The van der Waals surface area contributed by atoms with Crippen molar-refractivity contribution >= 4 is 11.8 Å². The van der Waals surface area contributed by atoms with E-state index in [1.165, 1.54) is 12.1 Å². The number of aryl methyl sites for hydroxylation is 1. The van der Waals surface area contributed by atoms with Crippen LogP contribution in [0.3, 0.4) is 0 Å². The third-order valence-corrected chi connectivity index (χ3v) is 5.94. The van der Waals surface area contributed by atoms with Gasteiger partial charge in [0.25, 0.3) is 5.91 Å². The van der Waals surface area contributed by atoms with Crippen LogP contribution >= 0.6 is 0 Å². The molecule has 1 N–H and O–H groups in total. The summed E-state index contributed by atoms with van der Waals surface area (Å²) < 4.78 is 32.9. The predicted octanol–water partition coefficient (Wildman–Crippen LogP) is 3.67. The third-order valence-electron chi connectivity index (χ3n) is 5.94. The Labute approximate surface area is 199 Å². The number of hydrogen-bond donors (Lipinski definition) is 1. The standard InChI is InChI=1S/C26H31F2N3O3/c1-4-25(32)31-14-13-30(16-19(31)3)17-24(21-6-5-18(2)23(28)15-21)34-22-9-7-20(8-10-22)26(33)29-12-11-27/h4-10,15,19,24H,1,11-14,16-17H2,2-3H3,(H,29,33)/t19-,24-/m1/s1. The molecule has 0 spiro atoms. The second-order valence-electron chi connectivity index (χ2n) is 8.43. The molecular weight excluding hydrogens is 440 g/mol. The average molecular weight is 472 g/mol. The Morgan fingerprint density at radius 2 is 1.97 bits per heavy atom. The summed E-state index contributed by atoms with van der Waals surface area (Å²) in [5.74, 6) is -0.222. The molecule has 1 aliphatic rings. The van der Waals surface area contributed by atoms with Crippen molar-refractivity contribution in [1.29, 1.82) is 0 Å². The molecule has 6 nitrogen and oxygen atoms in total. The highest BCUT2D eigenvalue weighted by Gasteiger charge is 2.28. The Morgan fingerprint density at radius 1 is 1.24 bits per heavy atom. The van der Waals surface area contributed by atoms with Crippen LogP contribution in [0.25, 0.3) is 0 Å². The van der Waals surface area contributed by atoms with Crippen molar-refractivity contribution in [3.05, 3.63) is 77.6 Å². The van der Waals surface area contributed by atoms with Crippen LogP contribution in [0.1, 0.15) is 34.5 Å². The second kappa shape index (κ2) is 11.7. The van der Waals surface area contributed by atoms with Crippen molar-refractivity contribution < 1.29 is 23.1 Å². The molecule has 0 aromatic heterocycles. The zero-order chi connectivity index (χ0) is 24.7. The highest BCUT2D eigenvalue weighted by atomic mass is 19.1. The number of piperazine rings is 1. The molecule has 34 heavy (non-hydrogen) atoms. The summed E-state index contributed by atoms with van der Waals surface area (Å²) in [4.78, 5) is 28.0. The van der Waals surface area contributed by atoms with E-state index in [1.807, 2.05) is 13.0 Å². The van der Waals surface area contributed by atoms with Gasteiger partial charge in [-0.15, -0.1) is 0 Å². The van der Waals surface area contributed by atoms with Gasteiger partial charge in [-0.1, -0.05) is 18.7 Å². The van der Waals surface area contributed by atoms with E-state index in [-0.39, 0.29) is 30.2 Å². The van der Waals surface area contributed by atoms with Gasteiger partial charge in [-0.25, -0.2) is 8.78 Å². The summed E-state index contributed by atoms with van der Waals surface area (Å²) in [7, 11) is 0. The Kier molecular flexibility index (Phi) is 8.76. The fourth-order valence-electron chi connectivity index (χ4n) is 4.01. The molecule has 2 aromatic rings. The number of ether oxygens (including phenoxy) is 1. The van der Waals surface area contributed by atoms with Crippen molar-refractivity contribution in [2.24, 2.45) is 0 Å². The van der Waals surface area contributed by atoms with E-state index in [0.29, 0.717) is 48.6 Å². The summed E-state index contributed by atoms with van der Waals surface area (Å²) in [6.45, 7) is 8.98. The van der Waals surface area contributed by atoms with Gasteiger partial charge in [-0.2, -0.15) is 0 Å². The fourth-order valence-corrected chi connectivity index (χ4v) is 4.01. The maximum atomic E-state index is 14.3. The molecule has 1 aliphatic heterocycles. The van der Waals surface area contributed by atoms with Gasteiger partial charge >= 0.3 is 0 Å². The zero-order valence-corrected chi connectivity index (χ0v) is 19.6. The van der Waals surface area contributed by atoms with Gasteiger partial charge < -0.3 is 15.0 Å². The van der Waals surface area contributed by atoms with Gasteiger partial charge in [0, 0.05) is 44.3 Å². The number of nitrogens with one attached hydrogen (secondary N) is 1. The Morgan fingerprint density at radius 3 is 2.59 bits per heavy atom. The molecule has 2 aromatic carbocycles. The van der Waals surface area contributed by atoms with Crippen LogP contribution in [-0.4, -0.2) is 67.1 Å². The number of halogens is 2. The minimum atomic E-state index is -0.629. The molecule has 0 aliphatic carbocycles. The lowest BCUT2D eigenvalue weighted by Gasteiger charge is -2.40. The molecule has 0 saturated carbocycles. The molecule has 1 heterocycles. The molecule has 2 atom stereocenters. The Balaban J connectivity index is 1.76. The van der Waals surface area contributed by atoms with Crippen molar-refractivity contribution in [1.82, 2.24) is 15.1 Å². The zero-order valence-electron chi connectivity index (χ0n) is 19.6. The molecular formula is C26H31F2N3O3. The second-order valence-corrected chi connectivity index (χ2v) is 8.43. The largest absolute Gasteiger partial charge is 0.484 e. The minimum Gasteiger partial charge on any atom is -0.484 e. The van der Waals surface area contributed by atoms with E-state index >= 15 is 0 Å². The van der Waals surface area contributed by atoms with Crippen LogP contribution in [0.2, 0.25) is 0 Å². The van der Waals surface area contributed by atoms with Crippen molar-refractivity contribution in [3.63, 3.8) is 0 Å². The monoisotopic (exact) mass is 471 g/mol. The first-order chi connectivity index (χ1) is 16.3. The van der Waals surface area contributed by atoms with Crippen LogP contribution in [0.15, 0.2) is 55.1 Å². The van der Waals surface area contributed by atoms with Gasteiger partial charge in [0.2, 0.25) is 5.91 Å². The van der Waals surface area contributed by atoms with Crippen LogP contribution in [0, 0.1) is 12.7 Å². The van der Waals surface area contributed by atoms with Crippen LogP contribution < -0.4 is 10.1 Å². The number of carbonyl (C=O) groups excluding carboxylic acids is 2. The predicted molar refractivity (Wildman–Crippen MR) is 127 cm³/mol. The third kappa shape index (κ3) is 6.41. The first kappa shape index (κ1) is 25.4. The van der Waals surface area contributed by atoms with E-state index < -0.39 is 12.8 Å². The summed E-state index contributed by atoms with van der Waals surface area (Å²) in [6, 6.07) is 11.6. The summed E-state index contributed by atoms with van der Waals surface area (Å²) in [6.07, 6.45) is 0.865. The topological polar surface area (TPSA) is 61.9 Å². The normalized spacial score (nSPS) is 17.2. The van der Waals surface area contributed by atoms with Gasteiger partial charge in [0.05, 0.1) is 0 Å². The SMILES string of the molecule is C=CC(=O)N1CCN(C[C@@H](Oc2ccc(C(=O)NCCF)cc2)c2ccc(C)c(F)c2)C[C@H]1C. The first-order valence-corrected chi connectivity index (χ1v) is 11.3. The lowest BCUT2D eigenvalue weighted by molar-refractivity contribution is -0.130. The molecule has 0 radical (unpaired) electrons. The average Bonchev–Trinajstić information content (AvgIpc) is 2.84. The minimum absolute atomic E-state index is 0.0109. The Hall–Kier alpha value is -3.26. The summed E-state index contributed by atoms with van der Waals surface area (Å²) >= 11 is 0. The van der Waals surface area contributed by atoms with E-state index in [0.717, 1.165) is 0 Å². The Bertz CT molecular complexity index is 1010. The number of benzene rings is 2. The highest BCUT2D eigenvalue weighted by molar-refractivity contribution is 5.94. The van der Waals surface area contributed by atoms with Crippen LogP contribution in [-0.2, 0) is 4.79 Å². The van der Waals surface area contributed by atoms with Crippen molar-refractivity contribution in [2.45, 2.75) is 26.0 Å². The number of amides is 2. The molecule has 2 amide bonds. The first-order valence-electron chi connectivity index (χ1n) is 11.3. The molecule has 1 fully saturated rings. The van der Waals surface area contributed by atoms with Crippen molar-refractivity contribution in [3.8, 4) is 5.75 Å². The lowest BCUT2D eigenvalue weighted by atomic mass is 10.0. The lowest BCUT2D eigenvalue weighted by Crippen LogP contribution is -2.54. The van der Waals surface area contributed by atoms with E-state index in [1.54, 1.807) is 42.2 Å². The smallest absolute Gasteiger partial charge is 0.251 e. The molecule has 182 valence electrons. The summed E-state index contributed by atoms with van der Waals surface area (Å²) in [5.41, 5.74) is 1.65. The number of carbonyl (C=O) groups is 2. The molecule has 0 bridgehead atoms. The van der Waals surface area contributed by atoms with Gasteiger partial charge in [-0.05, 0) is 61.4 Å². The number of alkyl halides is 1. The number of nitrogens with zero attached hydrogens (tertiary/aromatic N) is 2. The maximum absolute atomic E-state index is 14.3. The molecule has 0 unspecified atom stereocenters. The quantitative estimate of drug-likeness (QED) is 0.567. The van der Waals surface area contributed by atoms with Gasteiger partial charge in [0.1, 0.15) is 24.3 Å². The number of hydrogen-bond acceptors (Lipinski definition) is 4. The van der Waals surface area contributed by atoms with Crippen LogP contribution in [0.4, 0.5) is 8.78 Å². The van der Waals surface area contributed by atoms with Gasteiger partial charge in [-0.3, -0.25) is 14.5 Å².